The Balaban J connectivity index is 3.37. The zero-order valence-electron chi connectivity index (χ0n) is 8.11. The average Bonchev–Trinajstić information content (AvgIpc) is 2.03. The molecule has 0 atom stereocenters. The Kier molecular flexibility index (Phi) is 7.59. The quantitative estimate of drug-likeness (QED) is 0.459. The molecule has 0 rings (SSSR count). The summed E-state index contributed by atoms with van der Waals surface area (Å²) in [5.74, 6) is 0. The van der Waals surface area contributed by atoms with Crippen LogP contribution >= 0.6 is 0 Å². The molecular formula is C10H21N. The molecule has 1 N–H and O–H groups in total. The lowest BCUT2D eigenvalue weighted by atomic mass is 10.1. The number of hydrogen-bond donors (Lipinski definition) is 1. The molecule has 1 heteroatoms. The van der Waals surface area contributed by atoms with Crippen molar-refractivity contribution < 1.29 is 0 Å². The van der Waals surface area contributed by atoms with Crippen molar-refractivity contribution in [1.29, 1.82) is 0 Å². The van der Waals surface area contributed by atoms with Gasteiger partial charge in [0.25, 0.3) is 0 Å². The largest absolute Gasteiger partial charge is 0.313 e. The van der Waals surface area contributed by atoms with E-state index in [4.69, 9.17) is 0 Å². The van der Waals surface area contributed by atoms with Crippen LogP contribution in [0, 0.1) is 0 Å². The van der Waals surface area contributed by atoms with Gasteiger partial charge in [0.1, 0.15) is 0 Å². The maximum absolute atomic E-state index is 3.40. The molecule has 66 valence electrons. The van der Waals surface area contributed by atoms with E-state index in [-0.39, 0.29) is 0 Å². The third-order valence-electron chi connectivity index (χ3n) is 1.76. The minimum Gasteiger partial charge on any atom is -0.313 e. The summed E-state index contributed by atoms with van der Waals surface area (Å²) in [6.07, 6.45) is 5.95. The van der Waals surface area contributed by atoms with Crippen molar-refractivity contribution in [3.05, 3.63) is 11.6 Å². The van der Waals surface area contributed by atoms with Gasteiger partial charge in [-0.1, -0.05) is 31.9 Å². The third-order valence-corrected chi connectivity index (χ3v) is 1.76. The Morgan fingerprint density at radius 2 is 2.00 bits per heavy atom. The van der Waals surface area contributed by atoms with Crippen LogP contribution in [0.5, 0.6) is 0 Å². The third kappa shape index (κ3) is 6.11. The number of hydrogen-bond acceptors (Lipinski definition) is 1. The van der Waals surface area contributed by atoms with E-state index >= 15 is 0 Å². The van der Waals surface area contributed by atoms with E-state index in [9.17, 15) is 0 Å². The fourth-order valence-corrected chi connectivity index (χ4v) is 1.08. The zero-order chi connectivity index (χ0) is 8.53. The van der Waals surface area contributed by atoms with Crippen molar-refractivity contribution in [1.82, 2.24) is 5.32 Å². The predicted octanol–water partition coefficient (Wildman–Crippen LogP) is 2.73. The average molecular weight is 155 g/mol. The van der Waals surface area contributed by atoms with Crippen LogP contribution in [0.25, 0.3) is 0 Å². The number of nitrogens with one attached hydrogen (secondary N) is 1. The highest BCUT2D eigenvalue weighted by molar-refractivity contribution is 5.01. The lowest BCUT2D eigenvalue weighted by Gasteiger charge is -2.05. The Morgan fingerprint density at radius 3 is 2.45 bits per heavy atom. The van der Waals surface area contributed by atoms with E-state index < -0.39 is 0 Å². The minimum absolute atomic E-state index is 1.08. The smallest absolute Gasteiger partial charge is 0.0164 e. The van der Waals surface area contributed by atoms with Crippen molar-refractivity contribution in [2.24, 2.45) is 0 Å². The van der Waals surface area contributed by atoms with Crippen molar-refractivity contribution >= 4 is 0 Å². The molecule has 0 aromatic carbocycles. The minimum atomic E-state index is 1.08. The first-order chi connectivity index (χ1) is 5.35. The van der Waals surface area contributed by atoms with Gasteiger partial charge in [-0.15, -0.1) is 0 Å². The van der Waals surface area contributed by atoms with Crippen molar-refractivity contribution in [3.63, 3.8) is 0 Å². The van der Waals surface area contributed by atoms with Gasteiger partial charge in [-0.25, -0.2) is 0 Å². The molecule has 0 radical (unpaired) electrons. The van der Waals surface area contributed by atoms with E-state index in [1.165, 1.54) is 19.3 Å². The molecular weight excluding hydrogens is 134 g/mol. The lowest BCUT2D eigenvalue weighted by Crippen LogP contribution is -2.17. The van der Waals surface area contributed by atoms with Crippen molar-refractivity contribution in [3.8, 4) is 0 Å². The molecule has 0 aliphatic rings. The monoisotopic (exact) mass is 155 g/mol. The van der Waals surface area contributed by atoms with Gasteiger partial charge in [-0.05, 0) is 26.3 Å². The molecule has 11 heavy (non-hydrogen) atoms. The molecule has 0 heterocycles. The second-order valence-electron chi connectivity index (χ2n) is 2.87. The number of allylic oxidation sites excluding steroid dienone is 1. The van der Waals surface area contributed by atoms with Gasteiger partial charge in [-0.3, -0.25) is 0 Å². The van der Waals surface area contributed by atoms with Crippen LogP contribution in [0.3, 0.4) is 0 Å². The van der Waals surface area contributed by atoms with E-state index in [0.717, 1.165) is 13.1 Å². The van der Waals surface area contributed by atoms with Crippen LogP contribution in [-0.2, 0) is 0 Å². The van der Waals surface area contributed by atoms with Crippen LogP contribution in [0.15, 0.2) is 11.6 Å². The van der Waals surface area contributed by atoms with Crippen molar-refractivity contribution in [2.45, 2.75) is 40.0 Å². The maximum atomic E-state index is 3.40. The lowest BCUT2D eigenvalue weighted by molar-refractivity contribution is 0.692. The van der Waals surface area contributed by atoms with Gasteiger partial charge in [0, 0.05) is 6.54 Å². The molecule has 0 unspecified atom stereocenters. The molecule has 0 spiro atoms. The molecule has 0 fully saturated rings. The molecule has 1 nitrogen and oxygen atoms in total. The molecule has 0 bridgehead atoms. The van der Waals surface area contributed by atoms with E-state index in [1.54, 1.807) is 5.57 Å². The summed E-state index contributed by atoms with van der Waals surface area (Å²) >= 11 is 0. The van der Waals surface area contributed by atoms with Crippen LogP contribution in [0.2, 0.25) is 0 Å². The highest BCUT2D eigenvalue weighted by Gasteiger charge is 1.92. The second-order valence-corrected chi connectivity index (χ2v) is 2.87. The summed E-state index contributed by atoms with van der Waals surface area (Å²) < 4.78 is 0. The van der Waals surface area contributed by atoms with Crippen LogP contribution in [0.4, 0.5) is 0 Å². The topological polar surface area (TPSA) is 12.0 Å². The molecule has 0 aromatic rings. The zero-order valence-corrected chi connectivity index (χ0v) is 8.11. The molecule has 0 aliphatic heterocycles. The summed E-state index contributed by atoms with van der Waals surface area (Å²) in [5.41, 5.74) is 1.54. The molecule has 0 saturated heterocycles. The molecule has 0 aliphatic carbocycles. The Bertz CT molecular complexity index is 105. The summed E-state index contributed by atoms with van der Waals surface area (Å²) in [7, 11) is 0. The first kappa shape index (κ1) is 10.7. The fraction of sp³-hybridized carbons (Fsp3) is 0.800. The second kappa shape index (κ2) is 7.80. The predicted molar refractivity (Wildman–Crippen MR) is 51.8 cm³/mol. The Morgan fingerprint density at radius 1 is 1.27 bits per heavy atom. The van der Waals surface area contributed by atoms with Gasteiger partial charge in [0.15, 0.2) is 0 Å². The van der Waals surface area contributed by atoms with Crippen LogP contribution in [-0.4, -0.2) is 13.1 Å². The van der Waals surface area contributed by atoms with Gasteiger partial charge in [0.05, 0.1) is 0 Å². The number of rotatable bonds is 6. The summed E-state index contributed by atoms with van der Waals surface area (Å²) in [5, 5.41) is 3.40. The normalized spacial score (nSPS) is 12.1. The van der Waals surface area contributed by atoms with Gasteiger partial charge in [0.2, 0.25) is 0 Å². The molecule has 0 amide bonds. The maximum Gasteiger partial charge on any atom is 0.0164 e. The standard InChI is InChI=1S/C10H21N/c1-4-7-10(6-3)9-11-8-5-2/h6,11H,4-5,7-9H2,1-3H3/b10-6+. The Labute approximate surface area is 70.9 Å². The summed E-state index contributed by atoms with van der Waals surface area (Å²) in [6, 6.07) is 0. The van der Waals surface area contributed by atoms with Gasteiger partial charge < -0.3 is 5.32 Å². The van der Waals surface area contributed by atoms with Gasteiger partial charge in [-0.2, -0.15) is 0 Å². The van der Waals surface area contributed by atoms with E-state index in [0.29, 0.717) is 0 Å². The van der Waals surface area contributed by atoms with E-state index in [2.05, 4.69) is 32.2 Å². The van der Waals surface area contributed by atoms with E-state index in [1.807, 2.05) is 0 Å². The van der Waals surface area contributed by atoms with Crippen LogP contribution in [0.1, 0.15) is 40.0 Å². The SMILES string of the molecule is C/C=C(\CCC)CNCCC. The highest BCUT2D eigenvalue weighted by atomic mass is 14.8. The Hall–Kier alpha value is -0.300. The van der Waals surface area contributed by atoms with Gasteiger partial charge >= 0.3 is 0 Å². The van der Waals surface area contributed by atoms with Crippen molar-refractivity contribution in [2.75, 3.05) is 13.1 Å². The highest BCUT2D eigenvalue weighted by Crippen LogP contribution is 2.02. The summed E-state index contributed by atoms with van der Waals surface area (Å²) in [4.78, 5) is 0. The first-order valence-corrected chi connectivity index (χ1v) is 4.69. The molecule has 0 saturated carbocycles. The molecule has 0 aromatic heterocycles. The van der Waals surface area contributed by atoms with Crippen LogP contribution < -0.4 is 5.32 Å². The first-order valence-electron chi connectivity index (χ1n) is 4.69. The summed E-state index contributed by atoms with van der Waals surface area (Å²) in [6.45, 7) is 8.77. The fourth-order valence-electron chi connectivity index (χ4n) is 1.08.